The highest BCUT2D eigenvalue weighted by atomic mass is 16.6. The Kier molecular flexibility index (Phi) is 10.1. The molecule has 4 unspecified atom stereocenters. The molecule has 8 nitrogen and oxygen atoms in total. The minimum atomic E-state index is -0.565. The topological polar surface area (TPSA) is 105 Å². The van der Waals surface area contributed by atoms with E-state index in [-0.39, 0.29) is 36.4 Å². The lowest BCUT2D eigenvalue weighted by molar-refractivity contribution is -0.243. The van der Waals surface area contributed by atoms with Gasteiger partial charge in [-0.3, -0.25) is 0 Å². The summed E-state index contributed by atoms with van der Waals surface area (Å²) in [5.74, 6) is 2.73. The van der Waals surface area contributed by atoms with Crippen molar-refractivity contribution < 1.29 is 38.1 Å². The fraction of sp³-hybridized carbons (Fsp3) is 0.814. The minimum absolute atomic E-state index is 0.291. The second-order valence-electron chi connectivity index (χ2n) is 19.1. The lowest BCUT2D eigenvalue weighted by Gasteiger charge is -2.65. The van der Waals surface area contributed by atoms with E-state index in [0.717, 1.165) is 17.9 Å². The Bertz CT molecular complexity index is 1370. The van der Waals surface area contributed by atoms with Gasteiger partial charge in [0.15, 0.2) is 13.2 Å². The zero-order chi connectivity index (χ0) is 36.2. The van der Waals surface area contributed by atoms with Gasteiger partial charge in [-0.25, -0.2) is 19.2 Å². The van der Waals surface area contributed by atoms with E-state index in [9.17, 15) is 19.2 Å². The standard InChI is InChI=1S/C22H32O4.C21H30O4/c1-14(2)20(24)25-13-19(23)26-22(16-6-4-5-7-16)17-8-15-9-18(22)12-21(3,10-15)11-17;1-3-18(22)24-13-19(23)25-21(15-6-4-5-7-15)16-8-14-9-17(21)12-20(2,10-14)11-16/h15-18H,1,4-13H2,2-3H3;3,14-17H,1,4-13H2,2H3. The Labute approximate surface area is 305 Å². The van der Waals surface area contributed by atoms with E-state index in [0.29, 0.717) is 51.9 Å². The van der Waals surface area contributed by atoms with Gasteiger partial charge in [0.1, 0.15) is 11.2 Å². The van der Waals surface area contributed by atoms with E-state index >= 15 is 0 Å². The van der Waals surface area contributed by atoms with Crippen LogP contribution in [-0.4, -0.2) is 48.3 Å². The van der Waals surface area contributed by atoms with Gasteiger partial charge in [-0.2, -0.15) is 0 Å². The predicted octanol–water partition coefficient (Wildman–Crippen LogP) is 8.46. The van der Waals surface area contributed by atoms with Gasteiger partial charge in [0.25, 0.3) is 0 Å². The quantitative estimate of drug-likeness (QED) is 0.127. The molecular formula is C43H62O8. The Morgan fingerprint density at radius 2 is 0.980 bits per heavy atom. The first-order valence-corrected chi connectivity index (χ1v) is 20.3. The Morgan fingerprint density at radius 1 is 0.608 bits per heavy atom. The molecule has 0 aromatic carbocycles. The highest BCUT2D eigenvalue weighted by Crippen LogP contribution is 2.69. The Hall–Kier alpha value is -2.64. The van der Waals surface area contributed by atoms with Crippen molar-refractivity contribution >= 4 is 23.9 Å². The van der Waals surface area contributed by atoms with Gasteiger partial charge in [-0.1, -0.05) is 52.7 Å². The number of ether oxygens (including phenoxy) is 4. The van der Waals surface area contributed by atoms with Crippen molar-refractivity contribution in [3.8, 4) is 0 Å². The molecule has 10 aliphatic carbocycles. The number of carbonyl (C=O) groups excluding carboxylic acids is 4. The minimum Gasteiger partial charge on any atom is -0.456 e. The molecule has 0 spiro atoms. The SMILES string of the molecule is C=C(C)C(=O)OCC(=O)OC1(C2CCCC2)C2CC3CC1CC(C)(C3)C2.C=CC(=O)OCC(=O)OC1(C2CCCC2)C2CC3CC1CC(C)(C3)C2. The highest BCUT2D eigenvalue weighted by molar-refractivity contribution is 5.88. The summed E-state index contributed by atoms with van der Waals surface area (Å²) in [5, 5.41) is 0. The molecule has 4 atom stereocenters. The molecule has 0 N–H and O–H groups in total. The van der Waals surface area contributed by atoms with E-state index in [2.05, 4.69) is 27.0 Å². The van der Waals surface area contributed by atoms with Crippen LogP contribution in [0.25, 0.3) is 0 Å². The maximum atomic E-state index is 12.7. The number of carbonyl (C=O) groups is 4. The molecule has 10 saturated carbocycles. The predicted molar refractivity (Wildman–Crippen MR) is 192 cm³/mol. The van der Waals surface area contributed by atoms with E-state index in [1.807, 2.05) is 0 Å². The van der Waals surface area contributed by atoms with Crippen LogP contribution in [0.1, 0.15) is 136 Å². The van der Waals surface area contributed by atoms with Crippen LogP contribution >= 0.6 is 0 Å². The van der Waals surface area contributed by atoms with Gasteiger partial charge < -0.3 is 18.9 Å². The summed E-state index contributed by atoms with van der Waals surface area (Å²) in [6.45, 7) is 12.8. The molecule has 0 saturated heterocycles. The highest BCUT2D eigenvalue weighted by Gasteiger charge is 2.67. The maximum Gasteiger partial charge on any atom is 0.344 e. The number of hydrogen-bond acceptors (Lipinski definition) is 8. The van der Waals surface area contributed by atoms with Crippen molar-refractivity contribution in [2.75, 3.05) is 13.2 Å². The average Bonchev–Trinajstić information content (AvgIpc) is 3.81. The zero-order valence-corrected chi connectivity index (χ0v) is 31.5. The fourth-order valence-electron chi connectivity index (χ4n) is 14.3. The van der Waals surface area contributed by atoms with Crippen molar-refractivity contribution in [2.24, 2.45) is 58.2 Å². The monoisotopic (exact) mass is 706 g/mol. The lowest BCUT2D eigenvalue weighted by atomic mass is 9.43. The van der Waals surface area contributed by atoms with E-state index in [1.54, 1.807) is 6.92 Å². The number of esters is 4. The summed E-state index contributed by atoms with van der Waals surface area (Å²) >= 11 is 0. The summed E-state index contributed by atoms with van der Waals surface area (Å²) in [4.78, 5) is 48.2. The average molecular weight is 707 g/mol. The first kappa shape index (κ1) is 36.7. The van der Waals surface area contributed by atoms with Gasteiger partial charge in [-0.05, 0) is 131 Å². The molecule has 282 valence electrons. The first-order chi connectivity index (χ1) is 24.3. The molecule has 0 radical (unpaired) electrons. The van der Waals surface area contributed by atoms with E-state index in [4.69, 9.17) is 18.9 Å². The molecule has 8 bridgehead atoms. The second-order valence-corrected chi connectivity index (χ2v) is 19.1. The molecule has 0 aromatic rings. The smallest absolute Gasteiger partial charge is 0.344 e. The molecule has 10 aliphatic rings. The molecule has 8 heteroatoms. The van der Waals surface area contributed by atoms with Gasteiger partial charge in [0, 0.05) is 35.3 Å². The Balaban J connectivity index is 0.000000159. The zero-order valence-electron chi connectivity index (χ0n) is 31.5. The van der Waals surface area contributed by atoms with Gasteiger partial charge >= 0.3 is 23.9 Å². The van der Waals surface area contributed by atoms with Gasteiger partial charge in [0.2, 0.25) is 0 Å². The lowest BCUT2D eigenvalue weighted by Crippen LogP contribution is -2.65. The molecule has 0 aliphatic heterocycles. The van der Waals surface area contributed by atoms with Crippen LogP contribution in [0.3, 0.4) is 0 Å². The molecule has 10 fully saturated rings. The van der Waals surface area contributed by atoms with Crippen molar-refractivity contribution in [1.29, 1.82) is 0 Å². The third-order valence-corrected chi connectivity index (χ3v) is 15.3. The number of hydrogen-bond donors (Lipinski definition) is 0. The van der Waals surface area contributed by atoms with E-state index in [1.165, 1.54) is 116 Å². The molecule has 0 amide bonds. The molecule has 0 heterocycles. The number of rotatable bonds is 10. The normalized spacial score (nSPS) is 41.8. The van der Waals surface area contributed by atoms with Crippen LogP contribution in [0.15, 0.2) is 24.8 Å². The third-order valence-electron chi connectivity index (χ3n) is 15.3. The maximum absolute atomic E-state index is 12.7. The van der Waals surface area contributed by atoms with Crippen LogP contribution in [0.4, 0.5) is 0 Å². The summed E-state index contributed by atoms with van der Waals surface area (Å²) in [6, 6.07) is 0. The van der Waals surface area contributed by atoms with Crippen LogP contribution < -0.4 is 0 Å². The summed E-state index contributed by atoms with van der Waals surface area (Å²) in [7, 11) is 0. The van der Waals surface area contributed by atoms with E-state index < -0.39 is 11.9 Å². The Morgan fingerprint density at radius 3 is 1.31 bits per heavy atom. The largest absolute Gasteiger partial charge is 0.456 e. The van der Waals surface area contributed by atoms with Crippen LogP contribution in [0.2, 0.25) is 0 Å². The molecule has 0 aromatic heterocycles. The summed E-state index contributed by atoms with van der Waals surface area (Å²) in [5.41, 5.74) is 0.591. The summed E-state index contributed by atoms with van der Waals surface area (Å²) in [6.07, 6.45) is 23.1. The molecular weight excluding hydrogens is 644 g/mol. The molecule has 10 rings (SSSR count). The fourth-order valence-corrected chi connectivity index (χ4v) is 14.3. The van der Waals surface area contributed by atoms with Crippen molar-refractivity contribution in [2.45, 2.75) is 148 Å². The molecule has 51 heavy (non-hydrogen) atoms. The van der Waals surface area contributed by atoms with Crippen LogP contribution in [0.5, 0.6) is 0 Å². The van der Waals surface area contributed by atoms with Crippen molar-refractivity contribution in [3.05, 3.63) is 24.8 Å². The third kappa shape index (κ3) is 6.84. The first-order valence-electron chi connectivity index (χ1n) is 20.3. The van der Waals surface area contributed by atoms with Crippen molar-refractivity contribution in [3.63, 3.8) is 0 Å². The van der Waals surface area contributed by atoms with Crippen LogP contribution in [-0.2, 0) is 38.1 Å². The summed E-state index contributed by atoms with van der Waals surface area (Å²) < 4.78 is 22.6. The van der Waals surface area contributed by atoms with Crippen LogP contribution in [0, 0.1) is 58.2 Å². The van der Waals surface area contributed by atoms with Crippen molar-refractivity contribution in [1.82, 2.24) is 0 Å². The van der Waals surface area contributed by atoms with Gasteiger partial charge in [-0.15, -0.1) is 0 Å². The van der Waals surface area contributed by atoms with Gasteiger partial charge in [0.05, 0.1) is 0 Å². The second kappa shape index (κ2) is 14.0.